The van der Waals surface area contributed by atoms with Gasteiger partial charge in [-0.05, 0) is 17.4 Å². The summed E-state index contributed by atoms with van der Waals surface area (Å²) >= 11 is 0. The Balaban J connectivity index is 0. The monoisotopic (exact) mass is 236 g/mol. The van der Waals surface area contributed by atoms with Crippen LogP contribution in [-0.2, 0) is 0 Å². The van der Waals surface area contributed by atoms with Gasteiger partial charge < -0.3 is 0 Å². The predicted octanol–water partition coefficient (Wildman–Crippen LogP) is 6.28. The van der Waals surface area contributed by atoms with E-state index in [0.717, 1.165) is 5.92 Å². The van der Waals surface area contributed by atoms with E-state index in [-0.39, 0.29) is 1.43 Å². The van der Waals surface area contributed by atoms with Crippen molar-refractivity contribution in [1.29, 1.82) is 0 Å². The predicted molar refractivity (Wildman–Crippen MR) is 81.6 cm³/mol. The number of hydrogen-bond acceptors (Lipinski definition) is 0. The first kappa shape index (κ1) is 16.2. The summed E-state index contributed by atoms with van der Waals surface area (Å²) in [7, 11) is 0. The summed E-state index contributed by atoms with van der Waals surface area (Å²) in [5, 5.41) is 0. The quantitative estimate of drug-likeness (QED) is 0.510. The maximum atomic E-state index is 2.38. The Kier molecular flexibility index (Phi) is 9.90. The lowest BCUT2D eigenvalue weighted by molar-refractivity contribution is 0.431. The fourth-order valence-corrected chi connectivity index (χ4v) is 2.05. The normalized spacial score (nSPS) is 13.5. The van der Waals surface area contributed by atoms with E-state index in [2.05, 4.69) is 51.1 Å². The van der Waals surface area contributed by atoms with Crippen LogP contribution in [0, 0.1) is 5.92 Å². The van der Waals surface area contributed by atoms with E-state index in [1.807, 2.05) is 13.8 Å². The third-order valence-electron chi connectivity index (χ3n) is 3.44. The molecule has 0 N–H and O–H groups in total. The van der Waals surface area contributed by atoms with Crippen LogP contribution < -0.4 is 0 Å². The number of hydrogen-bond donors (Lipinski definition) is 0. The maximum absolute atomic E-state index is 2.38. The van der Waals surface area contributed by atoms with Crippen molar-refractivity contribution in [1.82, 2.24) is 0 Å². The lowest BCUT2D eigenvalue weighted by Gasteiger charge is -2.20. The third kappa shape index (κ3) is 6.51. The molecule has 0 nitrogen and oxygen atoms in total. The zero-order valence-electron chi connectivity index (χ0n) is 12.4. The van der Waals surface area contributed by atoms with Gasteiger partial charge in [0.05, 0.1) is 0 Å². The van der Waals surface area contributed by atoms with Crippen LogP contribution in [0.5, 0.6) is 0 Å². The summed E-state index contributed by atoms with van der Waals surface area (Å²) in [6.07, 6.45) is 5.46. The highest BCUT2D eigenvalue weighted by atomic mass is 14.2. The summed E-state index contributed by atoms with van der Waals surface area (Å²) < 4.78 is 0. The van der Waals surface area contributed by atoms with Crippen molar-refractivity contribution < 1.29 is 1.43 Å². The Hall–Kier alpha value is -0.780. The molecule has 0 aliphatic carbocycles. The number of rotatable bonds is 6. The van der Waals surface area contributed by atoms with Gasteiger partial charge in [-0.2, -0.15) is 0 Å². The number of unbranched alkanes of at least 4 members (excludes halogenated alkanes) is 2. The molecular formula is C17H32. The standard InChI is InChI=1S/C15H24.C2H6.H2/c1-4-5-7-10-13(2)14(3)15-11-8-6-9-12-15;1-2;/h6,8-9,11-14H,4-5,7,10H2,1-3H3;1-2H3;1H. The van der Waals surface area contributed by atoms with E-state index in [0.29, 0.717) is 5.92 Å². The first-order valence-electron chi connectivity index (χ1n) is 7.30. The van der Waals surface area contributed by atoms with Gasteiger partial charge in [0.1, 0.15) is 0 Å². The Morgan fingerprint density at radius 2 is 1.59 bits per heavy atom. The summed E-state index contributed by atoms with van der Waals surface area (Å²) in [6, 6.07) is 10.9. The molecule has 0 heteroatoms. The molecule has 0 aromatic heterocycles. The molecule has 1 rings (SSSR count). The molecule has 1 aromatic rings. The third-order valence-corrected chi connectivity index (χ3v) is 3.44. The summed E-state index contributed by atoms with van der Waals surface area (Å²) in [5.41, 5.74) is 1.49. The number of benzene rings is 1. The Labute approximate surface area is 110 Å². The van der Waals surface area contributed by atoms with Crippen LogP contribution in [0.15, 0.2) is 30.3 Å². The second-order valence-electron chi connectivity index (χ2n) is 4.67. The molecule has 0 saturated heterocycles. The summed E-state index contributed by atoms with van der Waals surface area (Å²) in [5.74, 6) is 1.50. The van der Waals surface area contributed by atoms with Crippen LogP contribution in [0.3, 0.4) is 0 Å². The molecule has 17 heavy (non-hydrogen) atoms. The van der Waals surface area contributed by atoms with Gasteiger partial charge in [0.15, 0.2) is 0 Å². The molecule has 0 bridgehead atoms. The van der Waals surface area contributed by atoms with E-state index < -0.39 is 0 Å². The van der Waals surface area contributed by atoms with Crippen molar-refractivity contribution in [3.8, 4) is 0 Å². The summed E-state index contributed by atoms with van der Waals surface area (Å²) in [6.45, 7) is 11.0. The van der Waals surface area contributed by atoms with Crippen molar-refractivity contribution in [2.75, 3.05) is 0 Å². The molecule has 0 heterocycles. The Bertz CT molecular complexity index is 256. The van der Waals surface area contributed by atoms with E-state index in [4.69, 9.17) is 0 Å². The SMILES string of the molecule is CC.CCCCCC(C)C(C)c1ccccc1.[HH]. The topological polar surface area (TPSA) is 0 Å². The van der Waals surface area contributed by atoms with Gasteiger partial charge >= 0.3 is 0 Å². The molecule has 0 aliphatic heterocycles. The Morgan fingerprint density at radius 1 is 1.00 bits per heavy atom. The van der Waals surface area contributed by atoms with E-state index >= 15 is 0 Å². The van der Waals surface area contributed by atoms with Crippen LogP contribution in [-0.4, -0.2) is 0 Å². The molecule has 0 aliphatic rings. The first-order valence-corrected chi connectivity index (χ1v) is 7.30. The second-order valence-corrected chi connectivity index (χ2v) is 4.67. The molecule has 1 aromatic carbocycles. The first-order chi connectivity index (χ1) is 8.25. The highest BCUT2D eigenvalue weighted by molar-refractivity contribution is 5.19. The smallest absolute Gasteiger partial charge is 0 e. The average Bonchev–Trinajstić information content (AvgIpc) is 2.41. The molecular weight excluding hydrogens is 204 g/mol. The molecule has 100 valence electrons. The van der Waals surface area contributed by atoms with E-state index in [9.17, 15) is 0 Å². The van der Waals surface area contributed by atoms with Crippen molar-refractivity contribution in [3.05, 3.63) is 35.9 Å². The van der Waals surface area contributed by atoms with Crippen LogP contribution in [0.2, 0.25) is 0 Å². The van der Waals surface area contributed by atoms with Gasteiger partial charge in [-0.3, -0.25) is 0 Å². The fourth-order valence-electron chi connectivity index (χ4n) is 2.05. The van der Waals surface area contributed by atoms with Crippen molar-refractivity contribution in [3.63, 3.8) is 0 Å². The molecule has 2 atom stereocenters. The Morgan fingerprint density at radius 3 is 2.12 bits per heavy atom. The molecule has 0 spiro atoms. The van der Waals surface area contributed by atoms with Crippen LogP contribution in [0.25, 0.3) is 0 Å². The minimum atomic E-state index is 0. The lowest BCUT2D eigenvalue weighted by atomic mass is 9.85. The van der Waals surface area contributed by atoms with E-state index in [1.54, 1.807) is 0 Å². The van der Waals surface area contributed by atoms with Crippen molar-refractivity contribution >= 4 is 0 Å². The van der Waals surface area contributed by atoms with Gasteiger partial charge in [-0.15, -0.1) is 0 Å². The van der Waals surface area contributed by atoms with E-state index in [1.165, 1.54) is 31.2 Å². The lowest BCUT2D eigenvalue weighted by Crippen LogP contribution is -2.06. The van der Waals surface area contributed by atoms with Crippen molar-refractivity contribution in [2.24, 2.45) is 5.92 Å². The zero-order valence-corrected chi connectivity index (χ0v) is 12.4. The van der Waals surface area contributed by atoms with Gasteiger partial charge in [-0.1, -0.05) is 90.6 Å². The molecule has 0 radical (unpaired) electrons. The molecule has 0 fully saturated rings. The van der Waals surface area contributed by atoms with Gasteiger partial charge in [0.2, 0.25) is 0 Å². The zero-order chi connectivity index (χ0) is 13.1. The van der Waals surface area contributed by atoms with Crippen LogP contribution >= 0.6 is 0 Å². The minimum Gasteiger partial charge on any atom is -0.0683 e. The highest BCUT2D eigenvalue weighted by Gasteiger charge is 2.13. The van der Waals surface area contributed by atoms with Crippen LogP contribution in [0.4, 0.5) is 0 Å². The fraction of sp³-hybridized carbons (Fsp3) is 0.647. The molecule has 0 amide bonds. The van der Waals surface area contributed by atoms with Crippen LogP contribution in [0.1, 0.15) is 73.2 Å². The second kappa shape index (κ2) is 10.4. The largest absolute Gasteiger partial charge is 0.0683 e. The highest BCUT2D eigenvalue weighted by Crippen LogP contribution is 2.27. The molecule has 2 unspecified atom stereocenters. The van der Waals surface area contributed by atoms with Gasteiger partial charge in [0.25, 0.3) is 0 Å². The average molecular weight is 236 g/mol. The minimum absolute atomic E-state index is 0. The van der Waals surface area contributed by atoms with Gasteiger partial charge in [0, 0.05) is 1.43 Å². The summed E-state index contributed by atoms with van der Waals surface area (Å²) in [4.78, 5) is 0. The molecule has 0 saturated carbocycles. The van der Waals surface area contributed by atoms with Gasteiger partial charge in [-0.25, -0.2) is 0 Å². The van der Waals surface area contributed by atoms with Crippen molar-refractivity contribution in [2.45, 2.75) is 66.2 Å². The maximum Gasteiger partial charge on any atom is 0 e.